The molecule has 1 aromatic carbocycles. The van der Waals surface area contributed by atoms with Crippen molar-refractivity contribution in [2.24, 2.45) is 0 Å². The summed E-state index contributed by atoms with van der Waals surface area (Å²) in [5.41, 5.74) is 1.38. The number of benzene rings is 1. The van der Waals surface area contributed by atoms with E-state index >= 15 is 0 Å². The second-order valence-electron chi connectivity index (χ2n) is 6.69. The number of aryl methyl sites for hydroxylation is 1. The van der Waals surface area contributed by atoms with Gasteiger partial charge in [-0.05, 0) is 50.1 Å². The number of hydrogen-bond acceptors (Lipinski definition) is 6. The predicted octanol–water partition coefficient (Wildman–Crippen LogP) is 3.65. The third-order valence-electron chi connectivity index (χ3n) is 4.47. The van der Waals surface area contributed by atoms with Crippen molar-refractivity contribution in [2.45, 2.75) is 33.7 Å². The molecule has 31 heavy (non-hydrogen) atoms. The maximum atomic E-state index is 13.2. The van der Waals surface area contributed by atoms with Gasteiger partial charge in [-0.2, -0.15) is 5.26 Å². The molecule has 1 amide bonds. The number of aromatic nitrogens is 1. The first-order valence-electron chi connectivity index (χ1n) is 9.37. The monoisotopic (exact) mass is 428 g/mol. The largest absolute Gasteiger partial charge is 0.451 e. The number of esters is 1. The lowest BCUT2D eigenvalue weighted by atomic mass is 10.1. The third kappa shape index (κ3) is 5.76. The van der Waals surface area contributed by atoms with Crippen LogP contribution in [-0.2, 0) is 20.9 Å². The molecule has 9 nitrogen and oxygen atoms in total. The number of anilines is 1. The Morgan fingerprint density at radius 1 is 1.35 bits per heavy atom. The summed E-state index contributed by atoms with van der Waals surface area (Å²) in [5.74, 6) is -2.72. The number of nitrogens with zero attached hydrogens (tertiary/aromatic N) is 3. The fourth-order valence-corrected chi connectivity index (χ4v) is 2.99. The molecule has 0 aliphatic rings. The average molecular weight is 428 g/mol. The maximum Gasteiger partial charge on any atom is 0.349 e. The highest BCUT2D eigenvalue weighted by atomic mass is 19.1. The standard InChI is InChI=1S/C21H21FN4O5/c1-4-7-25-13(2)8-15(14(25)3)9-16(11-23)21(28)31-12-20(27)24-18-6-5-17(22)10-19(18)26(29)30/h5-6,8-10H,4,7,12H2,1-3H3,(H,24,27). The van der Waals surface area contributed by atoms with Crippen LogP contribution in [0.3, 0.4) is 0 Å². The first-order chi connectivity index (χ1) is 14.7. The van der Waals surface area contributed by atoms with Gasteiger partial charge in [0.2, 0.25) is 0 Å². The summed E-state index contributed by atoms with van der Waals surface area (Å²) in [4.78, 5) is 34.4. The predicted molar refractivity (Wildman–Crippen MR) is 110 cm³/mol. The van der Waals surface area contributed by atoms with Crippen molar-refractivity contribution < 1.29 is 23.6 Å². The Balaban J connectivity index is 2.08. The molecular formula is C21H21FN4O5. The molecule has 0 atom stereocenters. The zero-order chi connectivity index (χ0) is 23.1. The molecule has 162 valence electrons. The topological polar surface area (TPSA) is 127 Å². The molecule has 0 saturated heterocycles. The van der Waals surface area contributed by atoms with E-state index in [2.05, 4.69) is 9.88 Å². The minimum atomic E-state index is -1.01. The number of nitriles is 1. The number of hydrogen-bond donors (Lipinski definition) is 1. The van der Waals surface area contributed by atoms with Crippen molar-refractivity contribution >= 4 is 29.3 Å². The molecule has 1 heterocycles. The summed E-state index contributed by atoms with van der Waals surface area (Å²) in [6, 6.07) is 6.23. The first kappa shape index (κ1) is 23.3. The second-order valence-corrected chi connectivity index (χ2v) is 6.69. The van der Waals surface area contributed by atoms with E-state index < -0.39 is 34.9 Å². The van der Waals surface area contributed by atoms with Crippen LogP contribution in [-0.4, -0.2) is 28.0 Å². The Bertz CT molecular complexity index is 1100. The molecule has 2 rings (SSSR count). The number of nitro groups is 1. The summed E-state index contributed by atoms with van der Waals surface area (Å²) in [5, 5.41) is 22.5. The molecule has 0 spiro atoms. The van der Waals surface area contributed by atoms with E-state index in [1.54, 1.807) is 6.07 Å². The van der Waals surface area contributed by atoms with Crippen molar-refractivity contribution in [2.75, 3.05) is 11.9 Å². The van der Waals surface area contributed by atoms with E-state index in [-0.39, 0.29) is 11.3 Å². The summed E-state index contributed by atoms with van der Waals surface area (Å²) in [7, 11) is 0. The molecule has 1 N–H and O–H groups in total. The highest BCUT2D eigenvalue weighted by Crippen LogP contribution is 2.25. The Morgan fingerprint density at radius 2 is 2.06 bits per heavy atom. The number of nitro benzene ring substituents is 1. The van der Waals surface area contributed by atoms with E-state index in [1.807, 2.05) is 26.8 Å². The van der Waals surface area contributed by atoms with Gasteiger partial charge in [0, 0.05) is 17.9 Å². The molecule has 1 aromatic heterocycles. The zero-order valence-corrected chi connectivity index (χ0v) is 17.3. The van der Waals surface area contributed by atoms with Crippen LogP contribution in [0.4, 0.5) is 15.8 Å². The fourth-order valence-electron chi connectivity index (χ4n) is 2.99. The molecule has 0 unspecified atom stereocenters. The Labute approximate surface area is 177 Å². The van der Waals surface area contributed by atoms with E-state index in [4.69, 9.17) is 4.74 Å². The zero-order valence-electron chi connectivity index (χ0n) is 17.3. The highest BCUT2D eigenvalue weighted by Gasteiger charge is 2.19. The SMILES string of the molecule is CCCn1c(C)cc(C=C(C#N)C(=O)OCC(=O)Nc2ccc(F)cc2[N+](=O)[O-])c1C. The van der Waals surface area contributed by atoms with Crippen LogP contribution in [0.1, 0.15) is 30.3 Å². The molecule has 0 saturated carbocycles. The van der Waals surface area contributed by atoms with E-state index in [9.17, 15) is 29.4 Å². The molecule has 0 radical (unpaired) electrons. The van der Waals surface area contributed by atoms with Crippen molar-refractivity contribution in [3.8, 4) is 6.07 Å². The molecule has 0 fully saturated rings. The van der Waals surface area contributed by atoms with Crippen LogP contribution in [0.15, 0.2) is 29.8 Å². The van der Waals surface area contributed by atoms with E-state index in [0.29, 0.717) is 11.6 Å². The Kier molecular flexibility index (Phi) is 7.63. The lowest BCUT2D eigenvalue weighted by Gasteiger charge is -2.08. The lowest BCUT2D eigenvalue weighted by Crippen LogP contribution is -2.22. The summed E-state index contributed by atoms with van der Waals surface area (Å²) in [6.07, 6.45) is 2.31. The maximum absolute atomic E-state index is 13.2. The number of carbonyl (C=O) groups excluding carboxylic acids is 2. The minimum Gasteiger partial charge on any atom is -0.451 e. The molecule has 10 heteroatoms. The van der Waals surface area contributed by atoms with E-state index in [1.165, 1.54) is 6.08 Å². The van der Waals surface area contributed by atoms with Crippen molar-refractivity contribution in [1.82, 2.24) is 4.57 Å². The van der Waals surface area contributed by atoms with Gasteiger partial charge in [-0.15, -0.1) is 0 Å². The minimum absolute atomic E-state index is 0.244. The quantitative estimate of drug-likeness (QED) is 0.225. The summed E-state index contributed by atoms with van der Waals surface area (Å²) in [6.45, 7) is 5.86. The van der Waals surface area contributed by atoms with Crippen molar-refractivity contribution in [3.05, 3.63) is 62.7 Å². The van der Waals surface area contributed by atoms with Crippen molar-refractivity contribution in [3.63, 3.8) is 0 Å². The molecule has 0 aliphatic carbocycles. The van der Waals surface area contributed by atoms with Crippen LogP contribution >= 0.6 is 0 Å². The number of nitrogens with one attached hydrogen (secondary N) is 1. The van der Waals surface area contributed by atoms with Gasteiger partial charge in [-0.3, -0.25) is 14.9 Å². The third-order valence-corrected chi connectivity index (χ3v) is 4.47. The van der Waals surface area contributed by atoms with Crippen LogP contribution in [0.25, 0.3) is 6.08 Å². The normalized spacial score (nSPS) is 11.0. The van der Waals surface area contributed by atoms with Gasteiger partial charge in [0.05, 0.1) is 11.0 Å². The van der Waals surface area contributed by atoms with Crippen LogP contribution < -0.4 is 5.32 Å². The molecule has 0 bridgehead atoms. The Hall–Kier alpha value is -4.00. The van der Waals surface area contributed by atoms with Gasteiger partial charge >= 0.3 is 5.97 Å². The summed E-state index contributed by atoms with van der Waals surface area (Å²) >= 11 is 0. The van der Waals surface area contributed by atoms with Crippen LogP contribution in [0, 0.1) is 41.1 Å². The fraction of sp³-hybridized carbons (Fsp3) is 0.286. The average Bonchev–Trinajstić information content (AvgIpc) is 2.99. The van der Waals surface area contributed by atoms with Gasteiger partial charge in [-0.1, -0.05) is 6.92 Å². The highest BCUT2D eigenvalue weighted by molar-refractivity contribution is 6.00. The Morgan fingerprint density at radius 3 is 2.68 bits per heavy atom. The number of ether oxygens (including phenoxy) is 1. The van der Waals surface area contributed by atoms with Crippen LogP contribution in [0.2, 0.25) is 0 Å². The van der Waals surface area contributed by atoms with Gasteiger partial charge in [0.15, 0.2) is 6.61 Å². The molecular weight excluding hydrogens is 407 g/mol. The van der Waals surface area contributed by atoms with Crippen LogP contribution in [0.5, 0.6) is 0 Å². The van der Waals surface area contributed by atoms with Gasteiger partial charge in [-0.25, -0.2) is 9.18 Å². The lowest BCUT2D eigenvalue weighted by molar-refractivity contribution is -0.384. The van der Waals surface area contributed by atoms with Gasteiger partial charge < -0.3 is 14.6 Å². The van der Waals surface area contributed by atoms with Crippen molar-refractivity contribution in [1.29, 1.82) is 5.26 Å². The number of rotatable bonds is 8. The smallest absolute Gasteiger partial charge is 0.349 e. The van der Waals surface area contributed by atoms with Gasteiger partial charge in [0.1, 0.15) is 23.1 Å². The number of carbonyl (C=O) groups is 2. The molecule has 0 aliphatic heterocycles. The second kappa shape index (κ2) is 10.2. The molecule has 2 aromatic rings. The van der Waals surface area contributed by atoms with E-state index in [0.717, 1.165) is 36.5 Å². The van der Waals surface area contributed by atoms with Gasteiger partial charge in [0.25, 0.3) is 11.6 Å². The summed E-state index contributed by atoms with van der Waals surface area (Å²) < 4.78 is 20.1. The first-order valence-corrected chi connectivity index (χ1v) is 9.37. The number of halogens is 1. The number of amides is 1.